The molecule has 1 heterocycles. The number of rotatable bonds is 1. The highest BCUT2D eigenvalue weighted by atomic mass is 35.5. The predicted molar refractivity (Wildman–Crippen MR) is 60.9 cm³/mol. The zero-order valence-electron chi connectivity index (χ0n) is 7.66. The summed E-state index contributed by atoms with van der Waals surface area (Å²) in [4.78, 5) is 0. The van der Waals surface area contributed by atoms with Crippen LogP contribution in [0.5, 0.6) is 5.75 Å². The van der Waals surface area contributed by atoms with E-state index in [-0.39, 0.29) is 5.75 Å². The van der Waals surface area contributed by atoms with E-state index in [1.54, 1.807) is 6.07 Å². The van der Waals surface area contributed by atoms with Crippen LogP contribution in [0.15, 0.2) is 18.2 Å². The van der Waals surface area contributed by atoms with Crippen molar-refractivity contribution < 1.29 is 5.11 Å². The molecule has 76 valence electrons. The lowest BCUT2D eigenvalue weighted by molar-refractivity contribution is 0.475. The Hall–Kier alpha value is -0.380. The van der Waals surface area contributed by atoms with Gasteiger partial charge in [-0.15, -0.1) is 11.8 Å². The topological polar surface area (TPSA) is 32.3 Å². The summed E-state index contributed by atoms with van der Waals surface area (Å²) in [7, 11) is 0. The molecule has 2 nitrogen and oxygen atoms in total. The van der Waals surface area contributed by atoms with E-state index in [2.05, 4.69) is 5.32 Å². The van der Waals surface area contributed by atoms with E-state index in [1.807, 2.05) is 23.9 Å². The molecule has 0 aliphatic carbocycles. The molecule has 0 amide bonds. The van der Waals surface area contributed by atoms with Crippen LogP contribution < -0.4 is 5.32 Å². The molecule has 0 spiro atoms. The fourth-order valence-corrected chi connectivity index (χ4v) is 2.78. The van der Waals surface area contributed by atoms with Gasteiger partial charge >= 0.3 is 0 Å². The second kappa shape index (κ2) is 4.43. The molecule has 0 saturated carbocycles. The third-order valence-corrected chi connectivity index (χ3v) is 3.81. The number of phenolic OH excluding ortho intramolecular Hbond substituents is 1. The van der Waals surface area contributed by atoms with Gasteiger partial charge in [0.05, 0.1) is 10.4 Å². The number of nitrogens with one attached hydrogen (secondary N) is 1. The zero-order chi connectivity index (χ0) is 9.97. The summed E-state index contributed by atoms with van der Waals surface area (Å²) < 4.78 is 0. The minimum absolute atomic E-state index is 0.149. The van der Waals surface area contributed by atoms with E-state index in [1.165, 1.54) is 12.2 Å². The Labute approximate surface area is 92.7 Å². The normalized spacial score (nSPS) is 22.2. The number of halogens is 1. The summed E-state index contributed by atoms with van der Waals surface area (Å²) >= 11 is 7.73. The summed E-state index contributed by atoms with van der Waals surface area (Å²) in [6, 6.07) is 5.39. The van der Waals surface area contributed by atoms with E-state index in [9.17, 15) is 5.11 Å². The van der Waals surface area contributed by atoms with Gasteiger partial charge in [-0.25, -0.2) is 0 Å². The van der Waals surface area contributed by atoms with Crippen molar-refractivity contribution in [2.45, 2.75) is 11.8 Å². The Morgan fingerprint density at radius 1 is 1.50 bits per heavy atom. The van der Waals surface area contributed by atoms with Crippen LogP contribution in [0, 0.1) is 0 Å². The first-order valence-electron chi connectivity index (χ1n) is 4.61. The van der Waals surface area contributed by atoms with Crippen LogP contribution in [0.4, 0.5) is 0 Å². The Morgan fingerprint density at radius 2 is 2.36 bits per heavy atom. The van der Waals surface area contributed by atoms with Gasteiger partial charge in [0.1, 0.15) is 5.75 Å². The van der Waals surface area contributed by atoms with Crippen LogP contribution in [-0.4, -0.2) is 17.4 Å². The molecule has 1 aliphatic rings. The SMILES string of the molecule is Oc1ccc(C2NCCCS2)cc1Cl. The van der Waals surface area contributed by atoms with Crippen LogP contribution in [0.25, 0.3) is 0 Å². The predicted octanol–water partition coefficient (Wildman–Crippen LogP) is 2.77. The van der Waals surface area contributed by atoms with Crippen molar-refractivity contribution in [1.29, 1.82) is 0 Å². The van der Waals surface area contributed by atoms with Crippen LogP contribution >= 0.6 is 23.4 Å². The average molecular weight is 230 g/mol. The molecule has 2 N–H and O–H groups in total. The maximum Gasteiger partial charge on any atom is 0.134 e. The lowest BCUT2D eigenvalue weighted by Gasteiger charge is -2.23. The van der Waals surface area contributed by atoms with Crippen molar-refractivity contribution in [3.05, 3.63) is 28.8 Å². The fourth-order valence-electron chi connectivity index (χ4n) is 1.47. The lowest BCUT2D eigenvalue weighted by atomic mass is 10.2. The summed E-state index contributed by atoms with van der Waals surface area (Å²) in [5.74, 6) is 1.33. The molecular weight excluding hydrogens is 218 g/mol. The molecule has 0 radical (unpaired) electrons. The second-order valence-electron chi connectivity index (χ2n) is 3.27. The number of hydrogen-bond donors (Lipinski definition) is 2. The molecular formula is C10H12ClNOS. The standard InChI is InChI=1S/C10H12ClNOS/c11-8-6-7(2-3-9(8)13)10-12-4-1-5-14-10/h2-3,6,10,12-13H,1,4-5H2. The number of phenols is 1. The highest BCUT2D eigenvalue weighted by Gasteiger charge is 2.15. The lowest BCUT2D eigenvalue weighted by Crippen LogP contribution is -2.25. The molecule has 1 atom stereocenters. The van der Waals surface area contributed by atoms with Gasteiger partial charge in [-0.2, -0.15) is 0 Å². The Balaban J connectivity index is 2.18. The van der Waals surface area contributed by atoms with Gasteiger partial charge in [-0.1, -0.05) is 17.7 Å². The van der Waals surface area contributed by atoms with Gasteiger partial charge < -0.3 is 10.4 Å². The number of aromatic hydroxyl groups is 1. The highest BCUT2D eigenvalue weighted by Crippen LogP contribution is 2.33. The van der Waals surface area contributed by atoms with Crippen molar-refractivity contribution in [1.82, 2.24) is 5.32 Å². The summed E-state index contributed by atoms with van der Waals surface area (Å²) in [5.41, 5.74) is 1.14. The summed E-state index contributed by atoms with van der Waals surface area (Å²) in [6.45, 7) is 1.05. The zero-order valence-corrected chi connectivity index (χ0v) is 9.24. The van der Waals surface area contributed by atoms with Gasteiger partial charge in [0.2, 0.25) is 0 Å². The molecule has 1 fully saturated rings. The van der Waals surface area contributed by atoms with E-state index in [0.29, 0.717) is 10.4 Å². The minimum Gasteiger partial charge on any atom is -0.506 e. The first-order chi connectivity index (χ1) is 6.77. The third-order valence-electron chi connectivity index (χ3n) is 2.21. The first kappa shape index (κ1) is 10.1. The van der Waals surface area contributed by atoms with E-state index in [4.69, 9.17) is 11.6 Å². The maximum absolute atomic E-state index is 9.28. The Kier molecular flexibility index (Phi) is 3.21. The van der Waals surface area contributed by atoms with Gasteiger partial charge in [-0.3, -0.25) is 0 Å². The van der Waals surface area contributed by atoms with Crippen molar-refractivity contribution in [3.63, 3.8) is 0 Å². The van der Waals surface area contributed by atoms with Crippen LogP contribution in [0.1, 0.15) is 17.4 Å². The number of hydrogen-bond acceptors (Lipinski definition) is 3. The van der Waals surface area contributed by atoms with Crippen molar-refractivity contribution in [2.75, 3.05) is 12.3 Å². The van der Waals surface area contributed by atoms with Crippen LogP contribution in [0.2, 0.25) is 5.02 Å². The third kappa shape index (κ3) is 2.16. The molecule has 2 rings (SSSR count). The minimum atomic E-state index is 0.149. The van der Waals surface area contributed by atoms with Crippen molar-refractivity contribution in [3.8, 4) is 5.75 Å². The van der Waals surface area contributed by atoms with Crippen molar-refractivity contribution >= 4 is 23.4 Å². The summed E-state index contributed by atoms with van der Waals surface area (Å²) in [6.07, 6.45) is 1.22. The van der Waals surface area contributed by atoms with Crippen LogP contribution in [0.3, 0.4) is 0 Å². The van der Waals surface area contributed by atoms with E-state index < -0.39 is 0 Å². The number of benzene rings is 1. The molecule has 1 aromatic carbocycles. The molecule has 0 bridgehead atoms. The molecule has 1 aliphatic heterocycles. The monoisotopic (exact) mass is 229 g/mol. The number of thioether (sulfide) groups is 1. The molecule has 1 unspecified atom stereocenters. The molecule has 4 heteroatoms. The average Bonchev–Trinajstić information content (AvgIpc) is 2.23. The van der Waals surface area contributed by atoms with Crippen molar-refractivity contribution in [2.24, 2.45) is 0 Å². The van der Waals surface area contributed by atoms with Gasteiger partial charge in [-0.05, 0) is 36.4 Å². The molecule has 0 aromatic heterocycles. The smallest absolute Gasteiger partial charge is 0.134 e. The molecule has 1 aromatic rings. The Morgan fingerprint density at radius 3 is 3.00 bits per heavy atom. The van der Waals surface area contributed by atoms with Gasteiger partial charge in [0, 0.05) is 0 Å². The van der Waals surface area contributed by atoms with E-state index in [0.717, 1.165) is 12.1 Å². The largest absolute Gasteiger partial charge is 0.506 e. The molecule has 14 heavy (non-hydrogen) atoms. The fraction of sp³-hybridized carbons (Fsp3) is 0.400. The Bertz CT molecular complexity index is 326. The van der Waals surface area contributed by atoms with Crippen LogP contribution in [-0.2, 0) is 0 Å². The van der Waals surface area contributed by atoms with E-state index >= 15 is 0 Å². The quantitative estimate of drug-likeness (QED) is 0.777. The molecule has 1 saturated heterocycles. The first-order valence-corrected chi connectivity index (χ1v) is 6.03. The summed E-state index contributed by atoms with van der Waals surface area (Å²) in [5, 5.41) is 13.4. The highest BCUT2D eigenvalue weighted by molar-refractivity contribution is 7.99. The van der Waals surface area contributed by atoms with Gasteiger partial charge in [0.15, 0.2) is 0 Å². The maximum atomic E-state index is 9.28. The van der Waals surface area contributed by atoms with Gasteiger partial charge in [0.25, 0.3) is 0 Å². The second-order valence-corrected chi connectivity index (χ2v) is 4.89.